The molecule has 0 fully saturated rings. The summed E-state index contributed by atoms with van der Waals surface area (Å²) in [6.07, 6.45) is 1.48. The van der Waals surface area contributed by atoms with E-state index in [1.165, 1.54) is 4.31 Å². The Kier molecular flexibility index (Phi) is 6.66. The summed E-state index contributed by atoms with van der Waals surface area (Å²) in [5.41, 5.74) is 4.80. The molecule has 190 valence electrons. The molecule has 2 heterocycles. The van der Waals surface area contributed by atoms with Crippen molar-refractivity contribution in [3.8, 4) is 22.4 Å². The van der Waals surface area contributed by atoms with Crippen LogP contribution in [0.15, 0.2) is 42.6 Å². The zero-order chi connectivity index (χ0) is 26.6. The second kappa shape index (κ2) is 9.18. The fourth-order valence-electron chi connectivity index (χ4n) is 4.82. The van der Waals surface area contributed by atoms with Crippen LogP contribution in [0.3, 0.4) is 0 Å². The van der Waals surface area contributed by atoms with Crippen molar-refractivity contribution in [3.05, 3.63) is 69.9 Å². The van der Waals surface area contributed by atoms with Crippen LogP contribution in [0.25, 0.3) is 22.4 Å². The van der Waals surface area contributed by atoms with Gasteiger partial charge in [-0.25, -0.2) is 13.2 Å². The number of aliphatic carboxylic acids is 1. The minimum Gasteiger partial charge on any atom is -0.479 e. The summed E-state index contributed by atoms with van der Waals surface area (Å²) in [5.74, 6) is -1.16. The summed E-state index contributed by atoms with van der Waals surface area (Å²) in [7, 11) is -3.70. The van der Waals surface area contributed by atoms with E-state index in [9.17, 15) is 18.3 Å². The summed E-state index contributed by atoms with van der Waals surface area (Å²) in [6.45, 7) is 9.08. The van der Waals surface area contributed by atoms with Crippen molar-refractivity contribution in [3.63, 3.8) is 0 Å². The maximum atomic E-state index is 13.0. The third kappa shape index (κ3) is 4.73. The number of sulfonamides is 1. The van der Waals surface area contributed by atoms with Crippen LogP contribution >= 0.6 is 11.6 Å². The van der Waals surface area contributed by atoms with Gasteiger partial charge in [-0.15, -0.1) is 0 Å². The minimum atomic E-state index is -3.70. The molecule has 9 heteroatoms. The van der Waals surface area contributed by atoms with Crippen molar-refractivity contribution < 1.29 is 23.1 Å². The van der Waals surface area contributed by atoms with Crippen molar-refractivity contribution in [1.29, 1.82) is 0 Å². The van der Waals surface area contributed by atoms with Crippen molar-refractivity contribution in [2.45, 2.75) is 52.9 Å². The molecule has 0 saturated carbocycles. The van der Waals surface area contributed by atoms with Crippen LogP contribution in [0.2, 0.25) is 5.02 Å². The standard InChI is InChI=1S/C27H29ClN2O5S/c1-15-20(17-9-11-19(28)12-10-17)21(25(26(31)32)35-27(3,4)5)16(2)24-22(15)23-18(8-7-13-29-23)14-30(24)36(6,33)34/h7-13,25H,14H2,1-6H3,(H,31,32)/t25-/m0/s1. The summed E-state index contributed by atoms with van der Waals surface area (Å²) >= 11 is 6.16. The van der Waals surface area contributed by atoms with Gasteiger partial charge in [-0.05, 0) is 80.6 Å². The molecular weight excluding hydrogens is 500 g/mol. The molecule has 4 rings (SSSR count). The molecule has 3 aromatic rings. The van der Waals surface area contributed by atoms with Gasteiger partial charge in [0.1, 0.15) is 0 Å². The molecule has 0 bridgehead atoms. The number of carboxylic acid groups (broad SMARTS) is 1. The predicted octanol–water partition coefficient (Wildman–Crippen LogP) is 5.91. The Morgan fingerprint density at radius 3 is 2.31 bits per heavy atom. The first-order valence-corrected chi connectivity index (χ1v) is 13.7. The number of nitrogens with zero attached hydrogens (tertiary/aromatic N) is 2. The Balaban J connectivity index is 2.20. The number of aromatic nitrogens is 1. The lowest BCUT2D eigenvalue weighted by atomic mass is 9.81. The highest BCUT2D eigenvalue weighted by molar-refractivity contribution is 7.92. The lowest BCUT2D eigenvalue weighted by Crippen LogP contribution is -2.35. The Labute approximate surface area is 216 Å². The van der Waals surface area contributed by atoms with Gasteiger partial charge in [0.2, 0.25) is 10.0 Å². The van der Waals surface area contributed by atoms with E-state index in [0.29, 0.717) is 44.2 Å². The van der Waals surface area contributed by atoms with E-state index in [-0.39, 0.29) is 6.54 Å². The van der Waals surface area contributed by atoms with Crippen LogP contribution in [-0.4, -0.2) is 36.3 Å². The largest absolute Gasteiger partial charge is 0.479 e. The third-order valence-corrected chi connectivity index (χ3v) is 7.56. The summed E-state index contributed by atoms with van der Waals surface area (Å²) in [6, 6.07) is 10.8. The van der Waals surface area contributed by atoms with Gasteiger partial charge in [0.15, 0.2) is 6.10 Å². The highest BCUT2D eigenvalue weighted by Gasteiger charge is 2.38. The smallest absolute Gasteiger partial charge is 0.337 e. The summed E-state index contributed by atoms with van der Waals surface area (Å²) in [5, 5.41) is 10.9. The molecule has 36 heavy (non-hydrogen) atoms. The van der Waals surface area contributed by atoms with Gasteiger partial charge < -0.3 is 9.84 Å². The molecule has 1 aliphatic heterocycles. The second-order valence-corrected chi connectivity index (χ2v) is 12.3. The molecule has 1 atom stereocenters. The zero-order valence-electron chi connectivity index (χ0n) is 21.1. The van der Waals surface area contributed by atoms with Gasteiger partial charge in [0, 0.05) is 22.3 Å². The van der Waals surface area contributed by atoms with Gasteiger partial charge >= 0.3 is 5.97 Å². The average Bonchev–Trinajstić information content (AvgIpc) is 2.78. The number of fused-ring (bicyclic) bond motifs is 3. The molecule has 1 aliphatic rings. The molecule has 1 N–H and O–H groups in total. The SMILES string of the molecule is Cc1c(-c2ccc(Cl)cc2)c([C@H](OC(C)(C)C)C(=O)O)c(C)c2c1-c1ncccc1CN2S(C)(=O)=O. The van der Waals surface area contributed by atoms with E-state index in [1.54, 1.807) is 52.1 Å². The maximum Gasteiger partial charge on any atom is 0.337 e. The van der Waals surface area contributed by atoms with E-state index in [4.69, 9.17) is 16.3 Å². The fraction of sp³-hybridized carbons (Fsp3) is 0.333. The first kappa shape index (κ1) is 26.1. The monoisotopic (exact) mass is 528 g/mol. The van der Waals surface area contributed by atoms with Gasteiger partial charge in [-0.2, -0.15) is 0 Å². The van der Waals surface area contributed by atoms with Gasteiger partial charge in [-0.1, -0.05) is 29.8 Å². The van der Waals surface area contributed by atoms with Gasteiger partial charge in [0.05, 0.1) is 29.8 Å². The lowest BCUT2D eigenvalue weighted by molar-refractivity contribution is -0.160. The van der Waals surface area contributed by atoms with Crippen LogP contribution < -0.4 is 4.31 Å². The van der Waals surface area contributed by atoms with E-state index >= 15 is 0 Å². The predicted molar refractivity (Wildman–Crippen MR) is 142 cm³/mol. The number of carbonyl (C=O) groups is 1. The number of carboxylic acids is 1. The van der Waals surface area contributed by atoms with Gasteiger partial charge in [-0.3, -0.25) is 9.29 Å². The van der Waals surface area contributed by atoms with Crippen molar-refractivity contribution in [2.75, 3.05) is 10.6 Å². The number of pyridine rings is 1. The number of halogens is 1. The van der Waals surface area contributed by atoms with Crippen molar-refractivity contribution in [2.24, 2.45) is 0 Å². The molecular formula is C27H29ClN2O5S. The number of anilines is 1. The number of hydrogen-bond acceptors (Lipinski definition) is 5. The highest BCUT2D eigenvalue weighted by Crippen LogP contribution is 2.50. The molecule has 0 radical (unpaired) electrons. The van der Waals surface area contributed by atoms with Crippen LogP contribution in [0, 0.1) is 13.8 Å². The topological polar surface area (TPSA) is 96.8 Å². The lowest BCUT2D eigenvalue weighted by Gasteiger charge is -2.36. The second-order valence-electron chi connectivity index (χ2n) is 10.00. The van der Waals surface area contributed by atoms with Crippen LogP contribution in [0.5, 0.6) is 0 Å². The number of ether oxygens (including phenoxy) is 1. The van der Waals surface area contributed by atoms with Crippen molar-refractivity contribution in [1.82, 2.24) is 4.98 Å². The Morgan fingerprint density at radius 1 is 1.11 bits per heavy atom. The molecule has 1 aromatic heterocycles. The number of benzene rings is 2. The Morgan fingerprint density at radius 2 is 1.75 bits per heavy atom. The Bertz CT molecular complexity index is 1460. The normalized spacial score (nSPS) is 14.2. The first-order valence-electron chi connectivity index (χ1n) is 11.5. The molecule has 0 amide bonds. The number of rotatable bonds is 5. The molecule has 0 unspecified atom stereocenters. The molecule has 2 aromatic carbocycles. The fourth-order valence-corrected chi connectivity index (χ4v) is 5.88. The third-order valence-electron chi connectivity index (χ3n) is 6.20. The minimum absolute atomic E-state index is 0.104. The quantitative estimate of drug-likeness (QED) is 0.442. The highest BCUT2D eigenvalue weighted by atomic mass is 35.5. The van der Waals surface area contributed by atoms with Crippen LogP contribution in [0.4, 0.5) is 5.69 Å². The van der Waals surface area contributed by atoms with E-state index in [0.717, 1.165) is 17.4 Å². The average molecular weight is 529 g/mol. The van der Waals surface area contributed by atoms with Gasteiger partial charge in [0.25, 0.3) is 0 Å². The molecule has 0 aliphatic carbocycles. The zero-order valence-corrected chi connectivity index (χ0v) is 22.7. The molecule has 0 spiro atoms. The molecule has 7 nitrogen and oxygen atoms in total. The first-order chi connectivity index (χ1) is 16.7. The van der Waals surface area contributed by atoms with E-state index < -0.39 is 27.7 Å². The number of hydrogen-bond donors (Lipinski definition) is 1. The van der Waals surface area contributed by atoms with E-state index in [2.05, 4.69) is 4.98 Å². The van der Waals surface area contributed by atoms with Crippen LogP contribution in [0.1, 0.15) is 49.1 Å². The Hall–Kier alpha value is -2.94. The van der Waals surface area contributed by atoms with Crippen molar-refractivity contribution >= 4 is 33.3 Å². The summed E-state index contributed by atoms with van der Waals surface area (Å²) in [4.78, 5) is 17.2. The molecule has 0 saturated heterocycles. The van der Waals surface area contributed by atoms with Crippen LogP contribution in [-0.2, 0) is 26.1 Å². The maximum absolute atomic E-state index is 13.0. The summed E-state index contributed by atoms with van der Waals surface area (Å²) < 4.78 is 33.4. The van der Waals surface area contributed by atoms with E-state index in [1.807, 2.05) is 25.1 Å².